The highest BCUT2D eigenvalue weighted by Crippen LogP contribution is 2.38. The molecule has 1 aromatic heterocycles. The van der Waals surface area contributed by atoms with Gasteiger partial charge in [0.25, 0.3) is 0 Å². The molecule has 0 spiro atoms. The molecule has 1 saturated carbocycles. The topological polar surface area (TPSA) is 113 Å². The smallest absolute Gasteiger partial charge is 0.354 e. The van der Waals surface area contributed by atoms with Crippen LogP contribution in [0.2, 0.25) is 0 Å². The molecule has 1 heterocycles. The predicted molar refractivity (Wildman–Crippen MR) is 128 cm³/mol. The minimum Gasteiger partial charge on any atom is -0.354 e. The molecule has 2 atom stereocenters. The van der Waals surface area contributed by atoms with Crippen LogP contribution < -0.4 is 15.4 Å². The average molecular weight is 568 g/mol. The predicted octanol–water partition coefficient (Wildman–Crippen LogP) is 5.03. The van der Waals surface area contributed by atoms with E-state index in [0.29, 0.717) is 25.5 Å². The van der Waals surface area contributed by atoms with E-state index in [1.54, 1.807) is 18.6 Å². The molecule has 38 heavy (non-hydrogen) atoms. The quantitative estimate of drug-likeness (QED) is 0.367. The number of nitrogens with one attached hydrogen (secondary N) is 3. The van der Waals surface area contributed by atoms with Gasteiger partial charge in [-0.05, 0) is 63.3 Å². The number of benzene rings is 1. The zero-order chi connectivity index (χ0) is 28.3. The number of anilines is 3. The molecule has 0 bridgehead atoms. The highest BCUT2D eigenvalue weighted by molar-refractivity contribution is 7.92. The van der Waals surface area contributed by atoms with Gasteiger partial charge in [0, 0.05) is 29.5 Å². The Morgan fingerprint density at radius 1 is 1.05 bits per heavy atom. The van der Waals surface area contributed by atoms with Crippen LogP contribution in [0.25, 0.3) is 0 Å². The molecule has 1 aromatic carbocycles. The lowest BCUT2D eigenvalue weighted by atomic mass is 9.89. The number of alkyl halides is 6. The normalized spacial score (nSPS) is 18.4. The number of rotatable bonds is 9. The number of sulfonamides is 1. The molecule has 8 nitrogen and oxygen atoms in total. The average Bonchev–Trinajstić information content (AvgIpc) is 3.20. The molecule has 0 aliphatic heterocycles. The van der Waals surface area contributed by atoms with Gasteiger partial charge in [-0.2, -0.15) is 26.3 Å². The second kappa shape index (κ2) is 11.3. The number of nitrogens with zero attached hydrogens (tertiary/aromatic N) is 2. The summed E-state index contributed by atoms with van der Waals surface area (Å²) in [5, 5.41) is 5.52. The second-order valence-corrected chi connectivity index (χ2v) is 11.1. The van der Waals surface area contributed by atoms with Gasteiger partial charge in [-0.15, -0.1) is 0 Å². The Bertz CT molecular complexity index is 1230. The van der Waals surface area contributed by atoms with Gasteiger partial charge in [-0.1, -0.05) is 6.42 Å². The fourth-order valence-electron chi connectivity index (χ4n) is 4.32. The van der Waals surface area contributed by atoms with Crippen LogP contribution in [0.1, 0.15) is 44.4 Å². The van der Waals surface area contributed by atoms with E-state index in [-0.39, 0.29) is 47.3 Å². The number of carbonyl (C=O) groups excluding carboxylic acids is 1. The highest BCUT2D eigenvalue weighted by atomic mass is 32.2. The first-order chi connectivity index (χ1) is 17.5. The van der Waals surface area contributed by atoms with Gasteiger partial charge in [0.1, 0.15) is 0 Å². The Labute approximate surface area is 215 Å². The van der Waals surface area contributed by atoms with E-state index in [2.05, 4.69) is 20.6 Å². The Morgan fingerprint density at radius 2 is 1.68 bits per heavy atom. The third kappa shape index (κ3) is 8.46. The third-order valence-electron chi connectivity index (χ3n) is 5.82. The van der Waals surface area contributed by atoms with Crippen molar-refractivity contribution in [2.75, 3.05) is 15.8 Å². The Kier molecular flexibility index (Phi) is 8.79. The molecule has 15 heteroatoms. The Hall–Kier alpha value is -3.10. The van der Waals surface area contributed by atoms with Crippen molar-refractivity contribution in [3.63, 3.8) is 0 Å². The van der Waals surface area contributed by atoms with Gasteiger partial charge in [-0.3, -0.25) is 9.52 Å². The van der Waals surface area contributed by atoms with Gasteiger partial charge < -0.3 is 10.6 Å². The lowest BCUT2D eigenvalue weighted by Crippen LogP contribution is -2.37. The summed E-state index contributed by atoms with van der Waals surface area (Å²) in [5.41, 5.74) is -1.15. The van der Waals surface area contributed by atoms with Crippen LogP contribution >= 0.6 is 0 Å². The zero-order valence-electron chi connectivity index (χ0n) is 20.4. The first kappa shape index (κ1) is 29.5. The monoisotopic (exact) mass is 567 g/mol. The number of amides is 1. The SMILES string of the molecule is CC(C)NC(=O)[C@H]1CCC[C@H]1Cc1nc(Nc2ccc(NS(=O)(=O)CC(F)(F)F)cc2)ncc1C(F)(F)F. The molecule has 0 radical (unpaired) electrons. The van der Waals surface area contributed by atoms with E-state index >= 15 is 0 Å². The fourth-order valence-corrected chi connectivity index (χ4v) is 5.32. The van der Waals surface area contributed by atoms with Crippen molar-refractivity contribution in [2.24, 2.45) is 11.8 Å². The summed E-state index contributed by atoms with van der Waals surface area (Å²) >= 11 is 0. The van der Waals surface area contributed by atoms with Crippen LogP contribution in [0.15, 0.2) is 30.5 Å². The van der Waals surface area contributed by atoms with Crippen molar-refractivity contribution in [1.82, 2.24) is 15.3 Å². The lowest BCUT2D eigenvalue weighted by Gasteiger charge is -2.22. The van der Waals surface area contributed by atoms with Crippen molar-refractivity contribution in [1.29, 1.82) is 0 Å². The number of halogens is 6. The van der Waals surface area contributed by atoms with Gasteiger partial charge in [0.05, 0.1) is 11.3 Å². The van der Waals surface area contributed by atoms with Crippen LogP contribution in [-0.2, 0) is 27.4 Å². The van der Waals surface area contributed by atoms with Gasteiger partial charge in [-0.25, -0.2) is 18.4 Å². The highest BCUT2D eigenvalue weighted by Gasteiger charge is 2.39. The van der Waals surface area contributed by atoms with E-state index in [1.165, 1.54) is 24.3 Å². The molecule has 1 fully saturated rings. The number of carbonyl (C=O) groups is 1. The van der Waals surface area contributed by atoms with Crippen LogP contribution in [0.3, 0.4) is 0 Å². The molecule has 0 saturated heterocycles. The molecule has 210 valence electrons. The zero-order valence-corrected chi connectivity index (χ0v) is 21.3. The fraction of sp³-hybridized carbons (Fsp3) is 0.522. The van der Waals surface area contributed by atoms with Crippen LogP contribution in [0.4, 0.5) is 43.7 Å². The Balaban J connectivity index is 1.78. The lowest BCUT2D eigenvalue weighted by molar-refractivity contribution is -0.138. The summed E-state index contributed by atoms with van der Waals surface area (Å²) in [7, 11) is -4.67. The van der Waals surface area contributed by atoms with Crippen molar-refractivity contribution in [2.45, 2.75) is 57.9 Å². The maximum Gasteiger partial charge on any atom is 0.419 e. The van der Waals surface area contributed by atoms with E-state index in [0.717, 1.165) is 0 Å². The molecule has 3 rings (SSSR count). The molecule has 1 aliphatic rings. The summed E-state index contributed by atoms with van der Waals surface area (Å²) in [6, 6.07) is 4.86. The molecular formula is C23H27F6N5O3S. The molecule has 1 amide bonds. The van der Waals surface area contributed by atoms with Crippen molar-refractivity contribution >= 4 is 33.3 Å². The van der Waals surface area contributed by atoms with E-state index in [1.807, 2.05) is 0 Å². The summed E-state index contributed by atoms with van der Waals surface area (Å²) in [5.74, 6) is -3.18. The van der Waals surface area contributed by atoms with Gasteiger partial charge in [0.2, 0.25) is 21.9 Å². The van der Waals surface area contributed by atoms with E-state index in [9.17, 15) is 39.6 Å². The number of hydrogen-bond acceptors (Lipinski definition) is 6. The van der Waals surface area contributed by atoms with Crippen molar-refractivity contribution < 1.29 is 39.6 Å². The van der Waals surface area contributed by atoms with Crippen molar-refractivity contribution in [3.05, 3.63) is 41.7 Å². The second-order valence-electron chi connectivity index (χ2n) is 9.40. The molecular weight excluding hydrogens is 540 g/mol. The van der Waals surface area contributed by atoms with Gasteiger partial charge in [0.15, 0.2) is 5.75 Å². The summed E-state index contributed by atoms with van der Waals surface area (Å²) < 4.78 is 103. The Morgan fingerprint density at radius 3 is 2.26 bits per heavy atom. The molecule has 1 aliphatic carbocycles. The number of hydrogen-bond donors (Lipinski definition) is 3. The minimum absolute atomic E-state index is 0.0812. The largest absolute Gasteiger partial charge is 0.419 e. The standard InChI is InChI=1S/C23H27F6N5O3S/c1-13(2)31-20(35)17-5-3-4-14(17)10-19-18(23(27,28)29)11-30-21(33-19)32-15-6-8-16(9-7-15)34-38(36,37)12-22(24,25)26/h6-9,11,13-14,17,34H,3-5,10,12H2,1-2H3,(H,31,35)(H,30,32,33)/t14-,17-/m0/s1. The molecule has 3 N–H and O–H groups in total. The third-order valence-corrected chi connectivity index (χ3v) is 7.08. The maximum absolute atomic E-state index is 13.7. The molecule has 0 unspecified atom stereocenters. The first-order valence-electron chi connectivity index (χ1n) is 11.7. The summed E-state index contributed by atoms with van der Waals surface area (Å²) in [4.78, 5) is 20.3. The van der Waals surface area contributed by atoms with Crippen LogP contribution in [-0.4, -0.2) is 42.3 Å². The van der Waals surface area contributed by atoms with Crippen molar-refractivity contribution in [3.8, 4) is 0 Å². The maximum atomic E-state index is 13.7. The first-order valence-corrected chi connectivity index (χ1v) is 13.4. The summed E-state index contributed by atoms with van der Waals surface area (Å²) in [6.45, 7) is 3.60. The number of aromatic nitrogens is 2. The van der Waals surface area contributed by atoms with Gasteiger partial charge >= 0.3 is 12.4 Å². The van der Waals surface area contributed by atoms with Crippen LogP contribution in [0, 0.1) is 11.8 Å². The van der Waals surface area contributed by atoms with E-state index in [4.69, 9.17) is 0 Å². The van der Waals surface area contributed by atoms with E-state index < -0.39 is 39.6 Å². The minimum atomic E-state index is -4.91. The summed E-state index contributed by atoms with van der Waals surface area (Å²) in [6.07, 6.45) is -7.20. The molecule has 2 aromatic rings. The van der Waals surface area contributed by atoms with Crippen LogP contribution in [0.5, 0.6) is 0 Å².